The summed E-state index contributed by atoms with van der Waals surface area (Å²) in [6, 6.07) is 0. The van der Waals surface area contributed by atoms with Crippen LogP contribution in [0, 0.1) is 0 Å². The fourth-order valence-corrected chi connectivity index (χ4v) is 0.564. The maximum absolute atomic E-state index is 8.54. The van der Waals surface area contributed by atoms with E-state index < -0.39 is 5.79 Å². The van der Waals surface area contributed by atoms with Crippen LogP contribution < -0.4 is 0 Å². The lowest BCUT2D eigenvalue weighted by Crippen LogP contribution is -2.20. The summed E-state index contributed by atoms with van der Waals surface area (Å²) in [4.78, 5) is 0. The molecule has 1 atom stereocenters. The Hall–Kier alpha value is -0.120. The molecular formula is C5H10O3. The zero-order valence-corrected chi connectivity index (χ0v) is 4.89. The quantitative estimate of drug-likeness (QED) is 0.519. The van der Waals surface area contributed by atoms with Gasteiger partial charge in [0.05, 0.1) is 6.61 Å². The molecule has 0 aromatic carbocycles. The van der Waals surface area contributed by atoms with Crippen LogP contribution in [-0.2, 0) is 9.47 Å². The van der Waals surface area contributed by atoms with Gasteiger partial charge in [-0.15, -0.1) is 0 Å². The molecule has 1 rings (SSSR count). The second-order valence-electron chi connectivity index (χ2n) is 1.79. The molecular weight excluding hydrogens is 108 g/mol. The van der Waals surface area contributed by atoms with E-state index in [0.717, 1.165) is 0 Å². The first-order valence-electron chi connectivity index (χ1n) is 2.72. The van der Waals surface area contributed by atoms with Crippen LogP contribution in [0.5, 0.6) is 0 Å². The number of hydrogen-bond donors (Lipinski definition) is 1. The number of aliphatic hydroxyl groups excluding tert-OH is 1. The lowest BCUT2D eigenvalue weighted by molar-refractivity contribution is -0.0701. The highest BCUT2D eigenvalue weighted by Crippen LogP contribution is 2.26. The van der Waals surface area contributed by atoms with Crippen molar-refractivity contribution < 1.29 is 14.6 Å². The van der Waals surface area contributed by atoms with Crippen molar-refractivity contribution in [3.8, 4) is 0 Å². The fourth-order valence-electron chi connectivity index (χ4n) is 0.564. The van der Waals surface area contributed by atoms with Crippen molar-refractivity contribution in [1.82, 2.24) is 0 Å². The van der Waals surface area contributed by atoms with Crippen molar-refractivity contribution in [2.45, 2.75) is 12.7 Å². The van der Waals surface area contributed by atoms with E-state index in [0.29, 0.717) is 13.2 Å². The van der Waals surface area contributed by atoms with Gasteiger partial charge in [-0.3, -0.25) is 0 Å². The van der Waals surface area contributed by atoms with Gasteiger partial charge in [0.15, 0.2) is 0 Å². The molecule has 0 aromatic rings. The largest absolute Gasteiger partial charge is 0.391 e. The molecule has 1 aliphatic rings. The van der Waals surface area contributed by atoms with Crippen molar-refractivity contribution >= 4 is 0 Å². The summed E-state index contributed by atoms with van der Waals surface area (Å²) in [6.07, 6.45) is 0. The normalized spacial score (nSPS) is 35.2. The second kappa shape index (κ2) is 2.01. The van der Waals surface area contributed by atoms with E-state index in [-0.39, 0.29) is 6.61 Å². The molecule has 1 N–H and O–H groups in total. The Morgan fingerprint density at radius 3 is 2.62 bits per heavy atom. The zero-order valence-electron chi connectivity index (χ0n) is 4.89. The Kier molecular flexibility index (Phi) is 1.51. The number of epoxide rings is 1. The third-order valence-corrected chi connectivity index (χ3v) is 1.11. The first kappa shape index (κ1) is 6.01. The van der Waals surface area contributed by atoms with Gasteiger partial charge in [0, 0.05) is 6.61 Å². The molecule has 0 bridgehead atoms. The van der Waals surface area contributed by atoms with Crippen LogP contribution in [0.4, 0.5) is 0 Å². The maximum atomic E-state index is 8.54. The lowest BCUT2D eigenvalue weighted by atomic mass is 10.4. The van der Waals surface area contributed by atoms with Crippen LogP contribution >= 0.6 is 0 Å². The van der Waals surface area contributed by atoms with Gasteiger partial charge in [-0.2, -0.15) is 0 Å². The Balaban J connectivity index is 2.20. The minimum Gasteiger partial charge on any atom is -0.391 e. The molecule has 0 aromatic heterocycles. The molecule has 8 heavy (non-hydrogen) atoms. The van der Waals surface area contributed by atoms with Crippen LogP contribution in [0.25, 0.3) is 0 Å². The van der Waals surface area contributed by atoms with Crippen molar-refractivity contribution in [1.29, 1.82) is 0 Å². The summed E-state index contributed by atoms with van der Waals surface area (Å²) in [6.45, 7) is 2.98. The van der Waals surface area contributed by atoms with E-state index in [9.17, 15) is 0 Å². The lowest BCUT2D eigenvalue weighted by Gasteiger charge is -2.05. The van der Waals surface area contributed by atoms with Gasteiger partial charge in [0.25, 0.3) is 0 Å². The molecule has 1 unspecified atom stereocenters. The molecule has 1 aliphatic heterocycles. The van der Waals surface area contributed by atoms with Gasteiger partial charge in [-0.05, 0) is 6.92 Å². The van der Waals surface area contributed by atoms with Crippen molar-refractivity contribution in [3.05, 3.63) is 0 Å². The minimum absolute atomic E-state index is 0.0269. The average Bonchev–Trinajstić information content (AvgIpc) is 2.50. The molecule has 3 nitrogen and oxygen atoms in total. The summed E-state index contributed by atoms with van der Waals surface area (Å²) in [7, 11) is 0. The van der Waals surface area contributed by atoms with Gasteiger partial charge >= 0.3 is 0 Å². The molecule has 0 spiro atoms. The van der Waals surface area contributed by atoms with Crippen molar-refractivity contribution in [2.75, 3.05) is 19.8 Å². The number of hydrogen-bond acceptors (Lipinski definition) is 3. The Morgan fingerprint density at radius 2 is 2.50 bits per heavy atom. The molecule has 1 fully saturated rings. The third kappa shape index (κ3) is 0.992. The van der Waals surface area contributed by atoms with E-state index in [2.05, 4.69) is 0 Å². The molecule has 0 aliphatic carbocycles. The average molecular weight is 118 g/mol. The summed E-state index contributed by atoms with van der Waals surface area (Å²) < 4.78 is 9.83. The molecule has 1 saturated heterocycles. The molecule has 3 heteroatoms. The van der Waals surface area contributed by atoms with Crippen molar-refractivity contribution in [2.24, 2.45) is 0 Å². The van der Waals surface area contributed by atoms with Gasteiger partial charge in [-0.25, -0.2) is 0 Å². The first-order chi connectivity index (χ1) is 3.83. The smallest absolute Gasteiger partial charge is 0.216 e. The standard InChI is InChI=1S/C5H10O3/c1-2-7-5(3-6)4-8-5/h6H,2-4H2,1H3. The molecule has 0 saturated carbocycles. The van der Waals surface area contributed by atoms with Gasteiger partial charge in [0.2, 0.25) is 5.79 Å². The van der Waals surface area contributed by atoms with Crippen LogP contribution in [0.3, 0.4) is 0 Å². The van der Waals surface area contributed by atoms with E-state index in [1.807, 2.05) is 6.92 Å². The fraction of sp³-hybridized carbons (Fsp3) is 1.00. The Bertz CT molecular complexity index is 77.7. The predicted molar refractivity (Wildman–Crippen MR) is 27.4 cm³/mol. The SMILES string of the molecule is CCOC1(CO)CO1. The Morgan fingerprint density at radius 1 is 1.88 bits per heavy atom. The number of rotatable bonds is 3. The van der Waals surface area contributed by atoms with Gasteiger partial charge in [0.1, 0.15) is 6.61 Å². The zero-order chi connectivity index (χ0) is 6.04. The van der Waals surface area contributed by atoms with Gasteiger partial charge in [-0.1, -0.05) is 0 Å². The molecule has 48 valence electrons. The first-order valence-corrected chi connectivity index (χ1v) is 2.72. The second-order valence-corrected chi connectivity index (χ2v) is 1.79. The predicted octanol–water partition coefficient (Wildman–Crippen LogP) is -0.258. The van der Waals surface area contributed by atoms with E-state index in [4.69, 9.17) is 14.6 Å². The summed E-state index contributed by atoms with van der Waals surface area (Å²) in [5.41, 5.74) is 0. The van der Waals surface area contributed by atoms with E-state index in [1.165, 1.54) is 0 Å². The highest BCUT2D eigenvalue weighted by molar-refractivity contribution is 4.80. The van der Waals surface area contributed by atoms with Crippen LogP contribution in [-0.4, -0.2) is 30.7 Å². The monoisotopic (exact) mass is 118 g/mol. The van der Waals surface area contributed by atoms with E-state index in [1.54, 1.807) is 0 Å². The van der Waals surface area contributed by atoms with Crippen LogP contribution in [0.15, 0.2) is 0 Å². The molecule has 0 amide bonds. The van der Waals surface area contributed by atoms with E-state index >= 15 is 0 Å². The van der Waals surface area contributed by atoms with Gasteiger partial charge < -0.3 is 14.6 Å². The molecule has 1 heterocycles. The Labute approximate surface area is 48.2 Å². The third-order valence-electron chi connectivity index (χ3n) is 1.11. The molecule has 0 radical (unpaired) electrons. The number of aliphatic hydroxyl groups is 1. The summed E-state index contributed by atoms with van der Waals surface area (Å²) in [5.74, 6) is -0.602. The van der Waals surface area contributed by atoms with Crippen LogP contribution in [0.2, 0.25) is 0 Å². The minimum atomic E-state index is -0.602. The highest BCUT2D eigenvalue weighted by atomic mass is 16.8. The highest BCUT2D eigenvalue weighted by Gasteiger charge is 2.45. The summed E-state index contributed by atoms with van der Waals surface area (Å²) in [5, 5.41) is 8.54. The number of ether oxygens (including phenoxy) is 2. The summed E-state index contributed by atoms with van der Waals surface area (Å²) >= 11 is 0. The maximum Gasteiger partial charge on any atom is 0.216 e. The van der Waals surface area contributed by atoms with Crippen LogP contribution in [0.1, 0.15) is 6.92 Å². The topological polar surface area (TPSA) is 42.0 Å². The van der Waals surface area contributed by atoms with Crippen molar-refractivity contribution in [3.63, 3.8) is 0 Å².